The molecule has 1 rings (SSSR count). The molecule has 0 bridgehead atoms. The molecule has 1 saturated carbocycles. The normalized spacial score (nSPS) is 21.9. The first-order chi connectivity index (χ1) is 8.32. The van der Waals surface area contributed by atoms with E-state index in [0.717, 1.165) is 38.5 Å². The third-order valence-electron chi connectivity index (χ3n) is 4.48. The fourth-order valence-electron chi connectivity index (χ4n) is 2.62. The van der Waals surface area contributed by atoms with E-state index in [1.165, 1.54) is 0 Å². The molecule has 0 atom stereocenters. The van der Waals surface area contributed by atoms with E-state index in [1.807, 2.05) is 13.8 Å². The summed E-state index contributed by atoms with van der Waals surface area (Å²) in [6, 6.07) is 0. The number of nitrogens with one attached hydrogen (secondary N) is 1. The smallest absolute Gasteiger partial charge is 0.223 e. The van der Waals surface area contributed by atoms with Gasteiger partial charge in [0, 0.05) is 12.5 Å². The molecule has 18 heavy (non-hydrogen) atoms. The Morgan fingerprint density at radius 1 is 1.17 bits per heavy atom. The molecule has 0 aliphatic heterocycles. The second kappa shape index (κ2) is 6.05. The Balaban J connectivity index is 2.41. The fourth-order valence-corrected chi connectivity index (χ4v) is 2.62. The molecule has 3 nitrogen and oxygen atoms in total. The van der Waals surface area contributed by atoms with Gasteiger partial charge in [-0.1, -0.05) is 27.7 Å². The van der Waals surface area contributed by atoms with Crippen molar-refractivity contribution >= 4 is 5.91 Å². The Bertz CT molecular complexity index is 272. The maximum Gasteiger partial charge on any atom is 0.223 e. The molecule has 0 spiro atoms. The third-order valence-corrected chi connectivity index (χ3v) is 4.48. The topological polar surface area (TPSA) is 49.3 Å². The van der Waals surface area contributed by atoms with Gasteiger partial charge in [0.2, 0.25) is 5.91 Å². The second-order valence-corrected chi connectivity index (χ2v) is 6.62. The van der Waals surface area contributed by atoms with Crippen LogP contribution in [-0.4, -0.2) is 23.2 Å². The first kappa shape index (κ1) is 15.5. The van der Waals surface area contributed by atoms with Gasteiger partial charge in [-0.3, -0.25) is 4.79 Å². The van der Waals surface area contributed by atoms with E-state index in [-0.39, 0.29) is 11.8 Å². The maximum absolute atomic E-state index is 11.9. The standard InChI is InChI=1S/C15H29NO2/c1-5-12(6-2)13(17)16-11-15(18)9-7-14(3,4)8-10-15/h12,18H,5-11H2,1-4H3,(H,16,17). The highest BCUT2D eigenvalue weighted by molar-refractivity contribution is 5.78. The number of hydrogen-bond donors (Lipinski definition) is 2. The summed E-state index contributed by atoms with van der Waals surface area (Å²) < 4.78 is 0. The van der Waals surface area contributed by atoms with Crippen LogP contribution in [0.3, 0.4) is 0 Å². The Hall–Kier alpha value is -0.570. The van der Waals surface area contributed by atoms with Gasteiger partial charge in [0.15, 0.2) is 0 Å². The molecule has 0 saturated heterocycles. The van der Waals surface area contributed by atoms with Gasteiger partial charge in [0.25, 0.3) is 0 Å². The molecule has 0 radical (unpaired) electrons. The van der Waals surface area contributed by atoms with Gasteiger partial charge < -0.3 is 10.4 Å². The van der Waals surface area contributed by atoms with Gasteiger partial charge in [-0.15, -0.1) is 0 Å². The van der Waals surface area contributed by atoms with Gasteiger partial charge in [-0.2, -0.15) is 0 Å². The average molecular weight is 255 g/mol. The Labute approximate surface area is 111 Å². The van der Waals surface area contributed by atoms with Gasteiger partial charge in [-0.25, -0.2) is 0 Å². The van der Waals surface area contributed by atoms with Crippen LogP contribution in [0.15, 0.2) is 0 Å². The van der Waals surface area contributed by atoms with Crippen molar-refractivity contribution in [2.45, 2.75) is 71.8 Å². The Morgan fingerprint density at radius 2 is 1.67 bits per heavy atom. The molecule has 0 aromatic rings. The Morgan fingerprint density at radius 3 is 2.11 bits per heavy atom. The molecular formula is C15H29NO2. The zero-order valence-corrected chi connectivity index (χ0v) is 12.4. The monoisotopic (exact) mass is 255 g/mol. The molecule has 0 heterocycles. The molecule has 0 aromatic heterocycles. The molecule has 1 amide bonds. The van der Waals surface area contributed by atoms with Crippen molar-refractivity contribution in [2.24, 2.45) is 11.3 Å². The van der Waals surface area contributed by atoms with Crippen molar-refractivity contribution in [1.29, 1.82) is 0 Å². The third kappa shape index (κ3) is 4.27. The number of amides is 1. The second-order valence-electron chi connectivity index (χ2n) is 6.62. The largest absolute Gasteiger partial charge is 0.388 e. The molecule has 106 valence electrons. The predicted molar refractivity (Wildman–Crippen MR) is 74.3 cm³/mol. The van der Waals surface area contributed by atoms with Crippen molar-refractivity contribution in [1.82, 2.24) is 5.32 Å². The highest BCUT2D eigenvalue weighted by atomic mass is 16.3. The average Bonchev–Trinajstić information content (AvgIpc) is 2.33. The number of rotatable bonds is 5. The lowest BCUT2D eigenvalue weighted by Gasteiger charge is -2.40. The highest BCUT2D eigenvalue weighted by Crippen LogP contribution is 2.39. The van der Waals surface area contributed by atoms with Crippen LogP contribution >= 0.6 is 0 Å². The van der Waals surface area contributed by atoms with Crippen LogP contribution in [0.2, 0.25) is 0 Å². The lowest BCUT2D eigenvalue weighted by Crippen LogP contribution is -2.47. The van der Waals surface area contributed by atoms with Crippen LogP contribution < -0.4 is 5.32 Å². The van der Waals surface area contributed by atoms with Crippen LogP contribution in [0, 0.1) is 11.3 Å². The summed E-state index contributed by atoms with van der Waals surface area (Å²) in [5.41, 5.74) is -0.344. The lowest BCUT2D eigenvalue weighted by atomic mass is 9.71. The van der Waals surface area contributed by atoms with E-state index in [2.05, 4.69) is 19.2 Å². The summed E-state index contributed by atoms with van der Waals surface area (Å²) in [7, 11) is 0. The van der Waals surface area contributed by atoms with E-state index in [4.69, 9.17) is 0 Å². The summed E-state index contributed by atoms with van der Waals surface area (Å²) >= 11 is 0. The van der Waals surface area contributed by atoms with Gasteiger partial charge in [0.1, 0.15) is 0 Å². The van der Waals surface area contributed by atoms with Crippen LogP contribution in [0.4, 0.5) is 0 Å². The SMILES string of the molecule is CCC(CC)C(=O)NCC1(O)CCC(C)(C)CC1. The Kier molecular flexibility index (Phi) is 5.20. The van der Waals surface area contributed by atoms with Gasteiger partial charge in [-0.05, 0) is 43.9 Å². The molecule has 0 aromatic carbocycles. The summed E-state index contributed by atoms with van der Waals surface area (Å²) in [6.45, 7) is 8.97. The summed E-state index contributed by atoms with van der Waals surface area (Å²) in [5.74, 6) is 0.187. The molecule has 3 heteroatoms. The predicted octanol–water partition coefficient (Wildman–Crippen LogP) is 2.87. The number of carbonyl (C=O) groups excluding carboxylic acids is 1. The number of aliphatic hydroxyl groups is 1. The quantitative estimate of drug-likeness (QED) is 0.793. The van der Waals surface area contributed by atoms with Gasteiger partial charge >= 0.3 is 0 Å². The van der Waals surface area contributed by atoms with Gasteiger partial charge in [0.05, 0.1) is 5.60 Å². The highest BCUT2D eigenvalue weighted by Gasteiger charge is 2.36. The molecular weight excluding hydrogens is 226 g/mol. The minimum atomic E-state index is -0.683. The van der Waals surface area contributed by atoms with E-state index >= 15 is 0 Å². The van der Waals surface area contributed by atoms with E-state index in [0.29, 0.717) is 12.0 Å². The zero-order valence-electron chi connectivity index (χ0n) is 12.4. The fraction of sp³-hybridized carbons (Fsp3) is 0.933. The molecule has 2 N–H and O–H groups in total. The summed E-state index contributed by atoms with van der Waals surface area (Å²) in [4.78, 5) is 11.9. The van der Waals surface area contributed by atoms with Crippen molar-refractivity contribution in [3.05, 3.63) is 0 Å². The van der Waals surface area contributed by atoms with Crippen molar-refractivity contribution in [3.63, 3.8) is 0 Å². The number of hydrogen-bond acceptors (Lipinski definition) is 2. The maximum atomic E-state index is 11.9. The van der Waals surface area contributed by atoms with Crippen molar-refractivity contribution < 1.29 is 9.90 Å². The van der Waals surface area contributed by atoms with Crippen LogP contribution in [0.1, 0.15) is 66.2 Å². The van der Waals surface area contributed by atoms with Crippen LogP contribution in [-0.2, 0) is 4.79 Å². The molecule has 1 fully saturated rings. The van der Waals surface area contributed by atoms with Crippen molar-refractivity contribution in [2.75, 3.05) is 6.54 Å². The minimum absolute atomic E-state index is 0.0913. The molecule has 1 aliphatic carbocycles. The van der Waals surface area contributed by atoms with Crippen molar-refractivity contribution in [3.8, 4) is 0 Å². The van der Waals surface area contributed by atoms with Crippen LogP contribution in [0.5, 0.6) is 0 Å². The number of carbonyl (C=O) groups is 1. The molecule has 1 aliphatic rings. The first-order valence-corrected chi connectivity index (χ1v) is 7.32. The first-order valence-electron chi connectivity index (χ1n) is 7.32. The van der Waals surface area contributed by atoms with E-state index in [9.17, 15) is 9.90 Å². The minimum Gasteiger partial charge on any atom is -0.388 e. The van der Waals surface area contributed by atoms with E-state index < -0.39 is 5.60 Å². The van der Waals surface area contributed by atoms with Crippen LogP contribution in [0.25, 0.3) is 0 Å². The van der Waals surface area contributed by atoms with E-state index in [1.54, 1.807) is 0 Å². The zero-order chi connectivity index (χ0) is 13.8. The summed E-state index contributed by atoms with van der Waals surface area (Å²) in [5, 5.41) is 13.4. The molecule has 0 unspecified atom stereocenters. The lowest BCUT2D eigenvalue weighted by molar-refractivity contribution is -0.127. The summed E-state index contributed by atoms with van der Waals surface area (Å²) in [6.07, 6.45) is 5.39.